The number of aryl methyl sites for hydroxylation is 2. The van der Waals surface area contributed by atoms with Crippen molar-refractivity contribution in [3.63, 3.8) is 0 Å². The molecule has 0 atom stereocenters. The molecule has 0 N–H and O–H groups in total. The van der Waals surface area contributed by atoms with E-state index in [1.54, 1.807) is 0 Å². The summed E-state index contributed by atoms with van der Waals surface area (Å²) in [5.74, 6) is 1.49. The number of aromatic nitrogens is 2. The maximum absolute atomic E-state index is 6.03. The quantitative estimate of drug-likeness (QED) is 0.441. The van der Waals surface area contributed by atoms with Crippen LogP contribution in [0.1, 0.15) is 23.6 Å². The molecule has 1 heterocycles. The number of hydrogen-bond acceptors (Lipinski definition) is 5. The molecule has 0 bridgehead atoms. The largest absolute Gasteiger partial charge is 0.430 e. The Balaban J connectivity index is 0.00000280. The van der Waals surface area contributed by atoms with Crippen molar-refractivity contribution in [1.29, 1.82) is 0 Å². The van der Waals surface area contributed by atoms with Crippen LogP contribution in [-0.2, 0) is 6.42 Å². The third kappa shape index (κ3) is 5.67. The van der Waals surface area contributed by atoms with Gasteiger partial charge in [0.25, 0.3) is 5.19 Å². The minimum atomic E-state index is 0. The summed E-state index contributed by atoms with van der Waals surface area (Å²) in [6.07, 6.45) is 1.04. The van der Waals surface area contributed by atoms with Crippen molar-refractivity contribution >= 4 is 35.5 Å². The molecular weight excluding hydrogens is 413 g/mol. The van der Waals surface area contributed by atoms with Crippen molar-refractivity contribution in [3.8, 4) is 22.3 Å². The van der Waals surface area contributed by atoms with Gasteiger partial charge in [-0.05, 0) is 80.9 Å². The van der Waals surface area contributed by atoms with Crippen LogP contribution in [0, 0.1) is 13.8 Å². The number of ether oxygens (including phenoxy) is 1. The molecule has 0 radical (unpaired) electrons. The summed E-state index contributed by atoms with van der Waals surface area (Å²) in [4.78, 5) is 6.82. The SMILES string of the molecule is CCN(C)CCc1cc(C)c(Oc2nc(-c3ccc(Cl)cc3)ns2)cc1C.Cl. The Morgan fingerprint density at radius 2 is 1.82 bits per heavy atom. The van der Waals surface area contributed by atoms with Crippen molar-refractivity contribution in [2.24, 2.45) is 0 Å². The molecule has 2 aromatic carbocycles. The molecule has 0 unspecified atom stereocenters. The van der Waals surface area contributed by atoms with Crippen molar-refractivity contribution in [2.75, 3.05) is 20.1 Å². The van der Waals surface area contributed by atoms with Gasteiger partial charge in [-0.25, -0.2) is 0 Å². The van der Waals surface area contributed by atoms with Gasteiger partial charge in [-0.3, -0.25) is 0 Å². The Kier molecular flexibility index (Phi) is 8.25. The zero-order valence-corrected chi connectivity index (χ0v) is 18.9. The Morgan fingerprint density at radius 3 is 2.50 bits per heavy atom. The Labute approximate surface area is 182 Å². The van der Waals surface area contributed by atoms with Crippen LogP contribution in [0.3, 0.4) is 0 Å². The minimum absolute atomic E-state index is 0. The van der Waals surface area contributed by atoms with Gasteiger partial charge < -0.3 is 9.64 Å². The first-order valence-corrected chi connectivity index (χ1v) is 10.2. The molecule has 4 nitrogen and oxygen atoms in total. The predicted molar refractivity (Wildman–Crippen MR) is 120 cm³/mol. The molecule has 0 fully saturated rings. The van der Waals surface area contributed by atoms with Crippen LogP contribution in [-0.4, -0.2) is 34.4 Å². The van der Waals surface area contributed by atoms with Gasteiger partial charge in [0.2, 0.25) is 0 Å². The zero-order chi connectivity index (χ0) is 19.4. The lowest BCUT2D eigenvalue weighted by atomic mass is 10.0. The molecule has 7 heteroatoms. The van der Waals surface area contributed by atoms with E-state index in [9.17, 15) is 0 Å². The zero-order valence-electron chi connectivity index (χ0n) is 16.5. The fraction of sp³-hybridized carbons (Fsp3) is 0.333. The highest BCUT2D eigenvalue weighted by molar-refractivity contribution is 7.07. The van der Waals surface area contributed by atoms with E-state index in [2.05, 4.69) is 54.2 Å². The molecular formula is C21H25Cl2N3OS. The van der Waals surface area contributed by atoms with Gasteiger partial charge in [0.05, 0.1) is 0 Å². The van der Waals surface area contributed by atoms with Gasteiger partial charge in [0.1, 0.15) is 5.75 Å². The summed E-state index contributed by atoms with van der Waals surface area (Å²) < 4.78 is 10.4. The third-order valence-corrected chi connectivity index (χ3v) is 5.49. The molecule has 0 saturated carbocycles. The number of halogens is 2. The number of hydrogen-bond donors (Lipinski definition) is 0. The van der Waals surface area contributed by atoms with Crippen LogP contribution < -0.4 is 4.74 Å². The molecule has 3 rings (SSSR count). The lowest BCUT2D eigenvalue weighted by Gasteiger charge is -2.16. The Hall–Kier alpha value is -1.66. The maximum atomic E-state index is 6.03. The average Bonchev–Trinajstić information content (AvgIpc) is 3.12. The fourth-order valence-corrected chi connectivity index (χ4v) is 3.45. The van der Waals surface area contributed by atoms with Crippen LogP contribution in [0.4, 0.5) is 0 Å². The van der Waals surface area contributed by atoms with Gasteiger partial charge in [-0.2, -0.15) is 9.36 Å². The molecule has 3 aromatic rings. The third-order valence-electron chi connectivity index (χ3n) is 4.64. The fourth-order valence-electron chi connectivity index (χ4n) is 2.76. The van der Waals surface area contributed by atoms with Crippen LogP contribution in [0.5, 0.6) is 10.9 Å². The van der Waals surface area contributed by atoms with Gasteiger partial charge in [0.15, 0.2) is 5.82 Å². The van der Waals surface area contributed by atoms with Crippen molar-refractivity contribution < 1.29 is 4.74 Å². The highest BCUT2D eigenvalue weighted by atomic mass is 35.5. The average molecular weight is 438 g/mol. The number of rotatable bonds is 7. The van der Waals surface area contributed by atoms with E-state index in [0.717, 1.165) is 36.4 Å². The van der Waals surface area contributed by atoms with E-state index < -0.39 is 0 Å². The monoisotopic (exact) mass is 437 g/mol. The van der Waals surface area contributed by atoms with Gasteiger partial charge >= 0.3 is 0 Å². The smallest absolute Gasteiger partial charge is 0.299 e. The van der Waals surface area contributed by atoms with E-state index >= 15 is 0 Å². The van der Waals surface area contributed by atoms with E-state index in [1.807, 2.05) is 24.3 Å². The van der Waals surface area contributed by atoms with E-state index in [1.165, 1.54) is 22.7 Å². The standard InChI is InChI=1S/C21H24ClN3OS.ClH/c1-5-25(4)11-10-17-12-15(3)19(13-14(17)2)26-21-23-20(24-27-21)16-6-8-18(22)9-7-16;/h6-9,12-13H,5,10-11H2,1-4H3;1H. The second kappa shape index (κ2) is 10.2. The minimum Gasteiger partial charge on any atom is -0.430 e. The molecule has 0 aliphatic heterocycles. The van der Waals surface area contributed by atoms with E-state index in [0.29, 0.717) is 16.0 Å². The normalized spacial score (nSPS) is 10.8. The maximum Gasteiger partial charge on any atom is 0.299 e. The molecule has 1 aromatic heterocycles. The highest BCUT2D eigenvalue weighted by Crippen LogP contribution is 2.31. The predicted octanol–water partition coefficient (Wildman–Crippen LogP) is 6.18. The van der Waals surface area contributed by atoms with Crippen LogP contribution >= 0.6 is 35.5 Å². The second-order valence-corrected chi connectivity index (χ2v) is 7.83. The van der Waals surface area contributed by atoms with Crippen molar-refractivity contribution in [3.05, 3.63) is 58.1 Å². The summed E-state index contributed by atoms with van der Waals surface area (Å²) in [6, 6.07) is 11.8. The van der Waals surface area contributed by atoms with Crippen LogP contribution in [0.25, 0.3) is 11.4 Å². The molecule has 0 amide bonds. The summed E-state index contributed by atoms with van der Waals surface area (Å²) >= 11 is 7.20. The first-order chi connectivity index (χ1) is 13.0. The molecule has 0 saturated heterocycles. The Bertz CT molecular complexity index is 913. The molecule has 28 heavy (non-hydrogen) atoms. The van der Waals surface area contributed by atoms with Crippen molar-refractivity contribution in [1.82, 2.24) is 14.3 Å². The Morgan fingerprint density at radius 1 is 1.11 bits per heavy atom. The summed E-state index contributed by atoms with van der Waals surface area (Å²) in [6.45, 7) is 8.50. The summed E-state index contributed by atoms with van der Waals surface area (Å²) in [5, 5.41) is 1.24. The van der Waals surface area contributed by atoms with Crippen LogP contribution in [0.15, 0.2) is 36.4 Å². The van der Waals surface area contributed by atoms with Gasteiger partial charge in [-0.15, -0.1) is 12.4 Å². The summed E-state index contributed by atoms with van der Waals surface area (Å²) in [7, 11) is 2.15. The van der Waals surface area contributed by atoms with E-state index in [4.69, 9.17) is 16.3 Å². The van der Waals surface area contributed by atoms with Gasteiger partial charge in [0, 0.05) is 28.7 Å². The van der Waals surface area contributed by atoms with Gasteiger partial charge in [-0.1, -0.05) is 24.6 Å². The molecule has 0 aliphatic carbocycles. The first-order valence-electron chi connectivity index (χ1n) is 9.02. The van der Waals surface area contributed by atoms with E-state index in [-0.39, 0.29) is 12.4 Å². The van der Waals surface area contributed by atoms with Crippen LogP contribution in [0.2, 0.25) is 5.02 Å². The highest BCUT2D eigenvalue weighted by Gasteiger charge is 2.12. The lowest BCUT2D eigenvalue weighted by Crippen LogP contribution is -2.20. The van der Waals surface area contributed by atoms with Crippen molar-refractivity contribution in [2.45, 2.75) is 27.2 Å². The summed E-state index contributed by atoms with van der Waals surface area (Å²) in [5.41, 5.74) is 4.63. The first kappa shape index (κ1) is 22.6. The number of likely N-dealkylation sites (N-methyl/N-ethyl adjacent to an activating group) is 1. The number of nitrogens with zero attached hydrogens (tertiary/aromatic N) is 3. The second-order valence-electron chi connectivity index (χ2n) is 6.68. The molecule has 0 spiro atoms. The number of benzene rings is 2. The molecule has 0 aliphatic rings. The topological polar surface area (TPSA) is 38.2 Å². The molecule has 150 valence electrons. The lowest BCUT2D eigenvalue weighted by molar-refractivity contribution is 0.357.